The van der Waals surface area contributed by atoms with Crippen LogP contribution in [0.2, 0.25) is 0 Å². The van der Waals surface area contributed by atoms with Crippen molar-refractivity contribution in [1.29, 1.82) is 0 Å². The third kappa shape index (κ3) is 3.40. The normalized spacial score (nSPS) is 15.7. The standard InChI is InChI=1S/C18H23N3O2/c1-14-5-4-8-19-18(14)21-11-9-20(10-12-21)13-15-6-3-7-16(23-2)17(15)22/h3-8,22H,9-13H2,1-2H3. The Hall–Kier alpha value is -2.27. The zero-order valence-electron chi connectivity index (χ0n) is 13.7. The van der Waals surface area contributed by atoms with Crippen molar-refractivity contribution in [2.45, 2.75) is 13.5 Å². The summed E-state index contributed by atoms with van der Waals surface area (Å²) >= 11 is 0. The highest BCUT2D eigenvalue weighted by molar-refractivity contribution is 5.47. The van der Waals surface area contributed by atoms with Gasteiger partial charge in [0.1, 0.15) is 5.82 Å². The van der Waals surface area contributed by atoms with Gasteiger partial charge in [-0.15, -0.1) is 0 Å². The first-order chi connectivity index (χ1) is 11.2. The van der Waals surface area contributed by atoms with Gasteiger partial charge < -0.3 is 14.7 Å². The molecule has 5 heteroatoms. The third-order valence-electron chi connectivity index (χ3n) is 4.35. The summed E-state index contributed by atoms with van der Waals surface area (Å²) in [4.78, 5) is 9.18. The summed E-state index contributed by atoms with van der Waals surface area (Å²) in [6.07, 6.45) is 1.85. The quantitative estimate of drug-likeness (QED) is 0.939. The minimum absolute atomic E-state index is 0.248. The molecule has 23 heavy (non-hydrogen) atoms. The van der Waals surface area contributed by atoms with Gasteiger partial charge in [0.05, 0.1) is 7.11 Å². The van der Waals surface area contributed by atoms with Gasteiger partial charge in [0, 0.05) is 44.5 Å². The topological polar surface area (TPSA) is 48.8 Å². The molecule has 0 saturated carbocycles. The molecule has 0 aliphatic carbocycles. The lowest BCUT2D eigenvalue weighted by atomic mass is 10.1. The predicted octanol–water partition coefficient (Wildman–Crippen LogP) is 2.43. The van der Waals surface area contributed by atoms with Crippen LogP contribution in [-0.2, 0) is 6.54 Å². The van der Waals surface area contributed by atoms with Crippen LogP contribution < -0.4 is 9.64 Å². The molecule has 1 aliphatic heterocycles. The summed E-state index contributed by atoms with van der Waals surface area (Å²) in [5, 5.41) is 10.2. The maximum Gasteiger partial charge on any atom is 0.162 e. The molecule has 1 N–H and O–H groups in total. The maximum absolute atomic E-state index is 10.2. The Balaban J connectivity index is 1.63. The van der Waals surface area contributed by atoms with Gasteiger partial charge in [0.15, 0.2) is 11.5 Å². The lowest BCUT2D eigenvalue weighted by Crippen LogP contribution is -2.46. The molecule has 1 aliphatic rings. The predicted molar refractivity (Wildman–Crippen MR) is 91.1 cm³/mol. The molecule has 1 saturated heterocycles. The first-order valence-electron chi connectivity index (χ1n) is 7.93. The molecule has 0 amide bonds. The molecule has 0 atom stereocenters. The number of pyridine rings is 1. The van der Waals surface area contributed by atoms with Crippen molar-refractivity contribution in [2.75, 3.05) is 38.2 Å². The second-order valence-corrected chi connectivity index (χ2v) is 5.88. The second-order valence-electron chi connectivity index (χ2n) is 5.88. The van der Waals surface area contributed by atoms with Gasteiger partial charge in [-0.1, -0.05) is 18.2 Å². The number of hydrogen-bond acceptors (Lipinski definition) is 5. The number of aromatic hydroxyl groups is 1. The zero-order chi connectivity index (χ0) is 16.2. The molecule has 122 valence electrons. The van der Waals surface area contributed by atoms with E-state index in [9.17, 15) is 5.11 Å². The van der Waals surface area contributed by atoms with E-state index in [0.29, 0.717) is 5.75 Å². The van der Waals surface area contributed by atoms with E-state index < -0.39 is 0 Å². The van der Waals surface area contributed by atoms with E-state index in [4.69, 9.17) is 4.74 Å². The number of phenols is 1. The molecule has 1 aromatic carbocycles. The average Bonchev–Trinajstić information content (AvgIpc) is 2.58. The van der Waals surface area contributed by atoms with Gasteiger partial charge in [0.25, 0.3) is 0 Å². The number of para-hydroxylation sites is 1. The number of anilines is 1. The number of piperazine rings is 1. The molecular formula is C18H23N3O2. The first kappa shape index (κ1) is 15.6. The Kier molecular flexibility index (Phi) is 4.67. The average molecular weight is 313 g/mol. The fourth-order valence-corrected chi connectivity index (χ4v) is 3.03. The van der Waals surface area contributed by atoms with Crippen molar-refractivity contribution in [1.82, 2.24) is 9.88 Å². The van der Waals surface area contributed by atoms with Gasteiger partial charge in [0.2, 0.25) is 0 Å². The van der Waals surface area contributed by atoms with Crippen LogP contribution in [0.25, 0.3) is 0 Å². The van der Waals surface area contributed by atoms with E-state index in [-0.39, 0.29) is 5.75 Å². The van der Waals surface area contributed by atoms with E-state index in [1.165, 1.54) is 5.56 Å². The van der Waals surface area contributed by atoms with E-state index >= 15 is 0 Å². The summed E-state index contributed by atoms with van der Waals surface area (Å²) in [6, 6.07) is 9.72. The van der Waals surface area contributed by atoms with Gasteiger partial charge in [-0.2, -0.15) is 0 Å². The van der Waals surface area contributed by atoms with Crippen molar-refractivity contribution in [2.24, 2.45) is 0 Å². The highest BCUT2D eigenvalue weighted by Gasteiger charge is 2.20. The molecule has 5 nitrogen and oxygen atoms in total. The second kappa shape index (κ2) is 6.87. The van der Waals surface area contributed by atoms with E-state index in [2.05, 4.69) is 27.8 Å². The number of methoxy groups -OCH3 is 1. The van der Waals surface area contributed by atoms with Gasteiger partial charge in [-0.3, -0.25) is 4.90 Å². The number of phenolic OH excluding ortho intramolecular Hbond substituents is 1. The van der Waals surface area contributed by atoms with Crippen LogP contribution in [0.15, 0.2) is 36.5 Å². The van der Waals surface area contributed by atoms with E-state index in [0.717, 1.165) is 44.1 Å². The Labute approximate surface area is 137 Å². The molecule has 0 spiro atoms. The smallest absolute Gasteiger partial charge is 0.162 e. The van der Waals surface area contributed by atoms with Crippen LogP contribution in [0.4, 0.5) is 5.82 Å². The molecule has 3 rings (SSSR count). The number of nitrogens with zero attached hydrogens (tertiary/aromatic N) is 3. The summed E-state index contributed by atoms with van der Waals surface area (Å²) in [5.74, 6) is 1.86. The third-order valence-corrected chi connectivity index (χ3v) is 4.35. The largest absolute Gasteiger partial charge is 0.504 e. The fraction of sp³-hybridized carbons (Fsp3) is 0.389. The number of hydrogen-bond donors (Lipinski definition) is 1. The molecule has 0 bridgehead atoms. The lowest BCUT2D eigenvalue weighted by molar-refractivity contribution is 0.245. The van der Waals surface area contributed by atoms with Crippen molar-refractivity contribution >= 4 is 5.82 Å². The monoisotopic (exact) mass is 313 g/mol. The van der Waals surface area contributed by atoms with E-state index in [1.54, 1.807) is 13.2 Å². The minimum atomic E-state index is 0.248. The van der Waals surface area contributed by atoms with Gasteiger partial charge in [-0.25, -0.2) is 4.98 Å². The maximum atomic E-state index is 10.2. The minimum Gasteiger partial charge on any atom is -0.504 e. The zero-order valence-corrected chi connectivity index (χ0v) is 13.7. The van der Waals surface area contributed by atoms with Gasteiger partial charge >= 0.3 is 0 Å². The van der Waals surface area contributed by atoms with Crippen LogP contribution in [0, 0.1) is 6.92 Å². The number of benzene rings is 1. The van der Waals surface area contributed by atoms with Crippen molar-refractivity contribution in [3.63, 3.8) is 0 Å². The number of rotatable bonds is 4. The summed E-state index contributed by atoms with van der Waals surface area (Å²) in [5.41, 5.74) is 2.12. The number of aryl methyl sites for hydroxylation is 1. The van der Waals surface area contributed by atoms with Crippen LogP contribution in [0.5, 0.6) is 11.5 Å². The summed E-state index contributed by atoms with van der Waals surface area (Å²) < 4.78 is 5.18. The van der Waals surface area contributed by atoms with Crippen LogP contribution in [0.1, 0.15) is 11.1 Å². The number of ether oxygens (including phenoxy) is 1. The summed E-state index contributed by atoms with van der Waals surface area (Å²) in [6.45, 7) is 6.63. The Bertz CT molecular complexity index is 667. The molecule has 1 aromatic heterocycles. The lowest BCUT2D eigenvalue weighted by Gasteiger charge is -2.36. The summed E-state index contributed by atoms with van der Waals surface area (Å²) in [7, 11) is 1.58. The van der Waals surface area contributed by atoms with Crippen LogP contribution in [-0.4, -0.2) is 48.3 Å². The first-order valence-corrected chi connectivity index (χ1v) is 7.93. The van der Waals surface area contributed by atoms with Crippen molar-refractivity contribution < 1.29 is 9.84 Å². The Morgan fingerprint density at radius 2 is 1.91 bits per heavy atom. The number of aromatic nitrogens is 1. The highest BCUT2D eigenvalue weighted by Crippen LogP contribution is 2.30. The van der Waals surface area contributed by atoms with Gasteiger partial charge in [-0.05, 0) is 24.6 Å². The highest BCUT2D eigenvalue weighted by atomic mass is 16.5. The van der Waals surface area contributed by atoms with Crippen LogP contribution >= 0.6 is 0 Å². The SMILES string of the molecule is COc1cccc(CN2CCN(c3ncccc3C)CC2)c1O. The molecular weight excluding hydrogens is 290 g/mol. The molecule has 2 heterocycles. The molecule has 1 fully saturated rings. The Morgan fingerprint density at radius 3 is 2.61 bits per heavy atom. The fourth-order valence-electron chi connectivity index (χ4n) is 3.03. The molecule has 0 radical (unpaired) electrons. The van der Waals surface area contributed by atoms with Crippen LogP contribution in [0.3, 0.4) is 0 Å². The van der Waals surface area contributed by atoms with Crippen molar-refractivity contribution in [3.05, 3.63) is 47.7 Å². The van der Waals surface area contributed by atoms with Crippen molar-refractivity contribution in [3.8, 4) is 11.5 Å². The van der Waals surface area contributed by atoms with E-state index in [1.807, 2.05) is 24.4 Å². The Morgan fingerprint density at radius 1 is 1.13 bits per heavy atom. The molecule has 0 unspecified atom stereocenters. The molecule has 2 aromatic rings.